The molecule has 1 heterocycles. The van der Waals surface area contributed by atoms with Crippen LogP contribution in [0.15, 0.2) is 18.2 Å². The normalized spacial score (nSPS) is 23.2. The van der Waals surface area contributed by atoms with Gasteiger partial charge in [0.1, 0.15) is 0 Å². The maximum absolute atomic E-state index is 5.46. The fraction of sp³-hybridized carbons (Fsp3) is 0.500. The lowest BCUT2D eigenvalue weighted by Crippen LogP contribution is -1.96. The first-order chi connectivity index (χ1) is 8.20. The summed E-state index contributed by atoms with van der Waals surface area (Å²) in [6.07, 6.45) is 3.89. The first-order valence-corrected chi connectivity index (χ1v) is 6.82. The second-order valence-electron chi connectivity index (χ2n) is 5.17. The van der Waals surface area contributed by atoms with Gasteiger partial charge in [0.2, 0.25) is 0 Å². The van der Waals surface area contributed by atoms with Crippen molar-refractivity contribution in [2.75, 3.05) is 0 Å². The Morgan fingerprint density at radius 2 is 2.29 bits per heavy atom. The van der Waals surface area contributed by atoms with Crippen LogP contribution in [0.3, 0.4) is 0 Å². The maximum atomic E-state index is 5.46. The Balaban J connectivity index is 2.05. The summed E-state index contributed by atoms with van der Waals surface area (Å²) < 4.78 is 3.21. The van der Waals surface area contributed by atoms with Crippen molar-refractivity contribution >= 4 is 23.3 Å². The zero-order valence-corrected chi connectivity index (χ0v) is 11.2. The van der Waals surface area contributed by atoms with Gasteiger partial charge in [0, 0.05) is 6.04 Å². The molecular formula is C14H18N2S. The fourth-order valence-corrected chi connectivity index (χ4v) is 3.15. The standard InChI is InChI=1S/C14H18N2S/c1-3-4-10-8-13(10)16-12-6-5-9(2)7-11(12)15-14(16)17/h5-7,10,13H,3-4,8H2,1-2H3,(H,15,17). The molecule has 0 aliphatic heterocycles. The number of fused-ring (bicyclic) bond motifs is 1. The summed E-state index contributed by atoms with van der Waals surface area (Å²) in [6, 6.07) is 7.18. The Kier molecular flexibility index (Phi) is 2.58. The van der Waals surface area contributed by atoms with Crippen LogP contribution < -0.4 is 0 Å². The summed E-state index contributed by atoms with van der Waals surface area (Å²) in [7, 11) is 0. The van der Waals surface area contributed by atoms with Crippen LogP contribution in [0.2, 0.25) is 0 Å². The summed E-state index contributed by atoms with van der Waals surface area (Å²) >= 11 is 5.46. The lowest BCUT2D eigenvalue weighted by molar-refractivity contribution is 0.613. The molecule has 3 heteroatoms. The van der Waals surface area contributed by atoms with E-state index in [-0.39, 0.29) is 0 Å². The second-order valence-corrected chi connectivity index (χ2v) is 5.56. The number of aromatic nitrogens is 2. The molecule has 1 saturated carbocycles. The molecule has 0 saturated heterocycles. The van der Waals surface area contributed by atoms with Crippen LogP contribution in [0.5, 0.6) is 0 Å². The Hall–Kier alpha value is -1.09. The number of aromatic amines is 1. The zero-order chi connectivity index (χ0) is 12.0. The van der Waals surface area contributed by atoms with Crippen LogP contribution in [0.4, 0.5) is 0 Å². The quantitative estimate of drug-likeness (QED) is 0.798. The van der Waals surface area contributed by atoms with Gasteiger partial charge in [0.25, 0.3) is 0 Å². The molecule has 17 heavy (non-hydrogen) atoms. The third-order valence-corrected chi connectivity index (χ3v) is 4.05. The summed E-state index contributed by atoms with van der Waals surface area (Å²) in [5.74, 6) is 0.840. The number of hydrogen-bond donors (Lipinski definition) is 1. The van der Waals surface area contributed by atoms with E-state index in [1.807, 2.05) is 0 Å². The first kappa shape index (κ1) is 11.0. The molecule has 1 aliphatic rings. The van der Waals surface area contributed by atoms with Gasteiger partial charge >= 0.3 is 0 Å². The van der Waals surface area contributed by atoms with Crippen molar-refractivity contribution < 1.29 is 0 Å². The van der Waals surface area contributed by atoms with Crippen LogP contribution in [-0.4, -0.2) is 9.55 Å². The predicted molar refractivity (Wildman–Crippen MR) is 73.9 cm³/mol. The summed E-state index contributed by atoms with van der Waals surface area (Å²) in [5, 5.41) is 0. The molecule has 2 nitrogen and oxygen atoms in total. The highest BCUT2D eigenvalue weighted by atomic mass is 32.1. The van der Waals surface area contributed by atoms with Gasteiger partial charge in [-0.15, -0.1) is 0 Å². The third-order valence-electron chi connectivity index (χ3n) is 3.75. The first-order valence-electron chi connectivity index (χ1n) is 6.41. The van der Waals surface area contributed by atoms with Gasteiger partial charge < -0.3 is 9.55 Å². The molecule has 0 amide bonds. The molecule has 1 aromatic heterocycles. The Labute approximate surface area is 107 Å². The van der Waals surface area contributed by atoms with Crippen LogP contribution in [0, 0.1) is 17.6 Å². The molecule has 2 atom stereocenters. The Morgan fingerprint density at radius 3 is 3.06 bits per heavy atom. The minimum atomic E-state index is 0.638. The smallest absolute Gasteiger partial charge is 0.178 e. The van der Waals surface area contributed by atoms with E-state index in [2.05, 4.69) is 41.6 Å². The summed E-state index contributed by atoms with van der Waals surface area (Å²) in [4.78, 5) is 3.33. The van der Waals surface area contributed by atoms with E-state index in [0.717, 1.165) is 10.7 Å². The average Bonchev–Trinajstić information content (AvgIpc) is 2.94. The number of nitrogens with zero attached hydrogens (tertiary/aromatic N) is 1. The van der Waals surface area contributed by atoms with Gasteiger partial charge in [-0.2, -0.15) is 0 Å². The predicted octanol–water partition coefficient (Wildman–Crippen LogP) is 4.37. The summed E-state index contributed by atoms with van der Waals surface area (Å²) in [6.45, 7) is 4.37. The van der Waals surface area contributed by atoms with E-state index in [1.54, 1.807) is 0 Å². The van der Waals surface area contributed by atoms with E-state index in [9.17, 15) is 0 Å². The highest BCUT2D eigenvalue weighted by Crippen LogP contribution is 2.47. The van der Waals surface area contributed by atoms with Crippen molar-refractivity contribution in [3.63, 3.8) is 0 Å². The molecule has 1 N–H and O–H groups in total. The van der Waals surface area contributed by atoms with Gasteiger partial charge in [-0.3, -0.25) is 0 Å². The van der Waals surface area contributed by atoms with Crippen LogP contribution >= 0.6 is 12.2 Å². The van der Waals surface area contributed by atoms with Crippen molar-refractivity contribution in [1.29, 1.82) is 0 Å². The van der Waals surface area contributed by atoms with Gasteiger partial charge in [0.05, 0.1) is 11.0 Å². The lowest BCUT2D eigenvalue weighted by Gasteiger charge is -2.03. The largest absolute Gasteiger partial charge is 0.331 e. The van der Waals surface area contributed by atoms with E-state index in [1.165, 1.54) is 35.9 Å². The molecule has 90 valence electrons. The van der Waals surface area contributed by atoms with Crippen LogP contribution in [0.25, 0.3) is 11.0 Å². The van der Waals surface area contributed by atoms with E-state index in [4.69, 9.17) is 12.2 Å². The molecule has 1 aliphatic carbocycles. The second kappa shape index (κ2) is 3.98. The van der Waals surface area contributed by atoms with Crippen molar-refractivity contribution in [3.05, 3.63) is 28.5 Å². The van der Waals surface area contributed by atoms with Gasteiger partial charge in [-0.05, 0) is 55.6 Å². The number of nitrogens with one attached hydrogen (secondary N) is 1. The van der Waals surface area contributed by atoms with E-state index < -0.39 is 0 Å². The number of hydrogen-bond acceptors (Lipinski definition) is 1. The van der Waals surface area contributed by atoms with Crippen LogP contribution in [0.1, 0.15) is 37.8 Å². The molecule has 1 aromatic carbocycles. The van der Waals surface area contributed by atoms with Gasteiger partial charge in [0.15, 0.2) is 4.77 Å². The number of benzene rings is 1. The molecule has 0 radical (unpaired) electrons. The molecular weight excluding hydrogens is 228 g/mol. The lowest BCUT2D eigenvalue weighted by atomic mass is 10.2. The average molecular weight is 246 g/mol. The minimum absolute atomic E-state index is 0.638. The maximum Gasteiger partial charge on any atom is 0.178 e. The molecule has 1 fully saturated rings. The number of aryl methyl sites for hydroxylation is 1. The number of rotatable bonds is 3. The van der Waals surface area contributed by atoms with Crippen molar-refractivity contribution in [1.82, 2.24) is 9.55 Å². The van der Waals surface area contributed by atoms with Crippen molar-refractivity contribution in [2.24, 2.45) is 5.92 Å². The number of imidazole rings is 1. The topological polar surface area (TPSA) is 20.7 Å². The van der Waals surface area contributed by atoms with Crippen LogP contribution in [-0.2, 0) is 0 Å². The molecule has 3 rings (SSSR count). The van der Waals surface area contributed by atoms with Crippen molar-refractivity contribution in [2.45, 2.75) is 39.2 Å². The van der Waals surface area contributed by atoms with Gasteiger partial charge in [-0.1, -0.05) is 19.4 Å². The fourth-order valence-electron chi connectivity index (χ4n) is 2.80. The highest BCUT2D eigenvalue weighted by Gasteiger charge is 2.38. The molecule has 0 spiro atoms. The monoisotopic (exact) mass is 246 g/mol. The zero-order valence-electron chi connectivity index (χ0n) is 10.4. The van der Waals surface area contributed by atoms with E-state index in [0.29, 0.717) is 6.04 Å². The molecule has 2 aromatic rings. The highest BCUT2D eigenvalue weighted by molar-refractivity contribution is 7.71. The van der Waals surface area contributed by atoms with E-state index >= 15 is 0 Å². The molecule has 0 bridgehead atoms. The third kappa shape index (κ3) is 1.82. The summed E-state index contributed by atoms with van der Waals surface area (Å²) in [5.41, 5.74) is 3.73. The SMILES string of the molecule is CCCC1CC1n1c(=S)[nH]c2cc(C)ccc21. The number of H-pyrrole nitrogens is 1. The molecule has 2 unspecified atom stereocenters. The Morgan fingerprint density at radius 1 is 1.47 bits per heavy atom. The van der Waals surface area contributed by atoms with Crippen molar-refractivity contribution in [3.8, 4) is 0 Å². The van der Waals surface area contributed by atoms with Gasteiger partial charge in [-0.25, -0.2) is 0 Å². The minimum Gasteiger partial charge on any atom is -0.331 e. The Bertz CT molecular complexity index is 608.